The molecule has 0 radical (unpaired) electrons. The van der Waals surface area contributed by atoms with Gasteiger partial charge >= 0.3 is 0 Å². The molecule has 6 nitrogen and oxygen atoms in total. The molecule has 3 rings (SSSR count). The predicted octanol–water partition coefficient (Wildman–Crippen LogP) is 2.05. The van der Waals surface area contributed by atoms with E-state index in [9.17, 15) is 9.59 Å². The highest BCUT2D eigenvalue weighted by molar-refractivity contribution is 5.80. The Hall–Kier alpha value is -2.08. The SMILES string of the molecule is COc1cc(C)ccc1CN1CCCN(C(=O)CCN2CCCC2=O)CC1. The van der Waals surface area contributed by atoms with Gasteiger partial charge in [-0.05, 0) is 31.4 Å². The van der Waals surface area contributed by atoms with Crippen molar-refractivity contribution < 1.29 is 14.3 Å². The zero-order chi connectivity index (χ0) is 19.2. The van der Waals surface area contributed by atoms with Gasteiger partial charge in [-0.25, -0.2) is 0 Å². The standard InChI is InChI=1S/C21H31N3O3/c1-17-6-7-18(19(15-17)27-2)16-22-9-4-11-24(14-13-22)21(26)8-12-23-10-3-5-20(23)25/h6-7,15H,3-5,8-14,16H2,1-2H3. The van der Waals surface area contributed by atoms with Gasteiger partial charge in [0.05, 0.1) is 7.11 Å². The first-order valence-corrected chi connectivity index (χ1v) is 9.98. The minimum absolute atomic E-state index is 0.171. The van der Waals surface area contributed by atoms with E-state index in [0.717, 1.165) is 57.9 Å². The topological polar surface area (TPSA) is 53.1 Å². The lowest BCUT2D eigenvalue weighted by atomic mass is 10.1. The van der Waals surface area contributed by atoms with Crippen LogP contribution in [0, 0.1) is 6.92 Å². The van der Waals surface area contributed by atoms with E-state index < -0.39 is 0 Å². The number of carbonyl (C=O) groups is 2. The van der Waals surface area contributed by atoms with Gasteiger partial charge < -0.3 is 14.5 Å². The van der Waals surface area contributed by atoms with Gasteiger partial charge in [-0.1, -0.05) is 12.1 Å². The van der Waals surface area contributed by atoms with Crippen LogP contribution in [0.2, 0.25) is 0 Å². The number of ether oxygens (including phenoxy) is 1. The molecule has 2 amide bonds. The number of hydrogen-bond donors (Lipinski definition) is 0. The number of rotatable bonds is 6. The fourth-order valence-corrected chi connectivity index (χ4v) is 3.93. The van der Waals surface area contributed by atoms with E-state index >= 15 is 0 Å². The number of methoxy groups -OCH3 is 1. The third-order valence-corrected chi connectivity index (χ3v) is 5.54. The maximum atomic E-state index is 12.6. The van der Waals surface area contributed by atoms with Crippen LogP contribution in [0.25, 0.3) is 0 Å². The molecule has 0 atom stereocenters. The van der Waals surface area contributed by atoms with Crippen molar-refractivity contribution in [2.24, 2.45) is 0 Å². The number of benzene rings is 1. The number of nitrogens with zero attached hydrogens (tertiary/aromatic N) is 3. The van der Waals surface area contributed by atoms with Crippen LogP contribution in [0.15, 0.2) is 18.2 Å². The van der Waals surface area contributed by atoms with E-state index in [-0.39, 0.29) is 11.8 Å². The molecule has 0 unspecified atom stereocenters. The van der Waals surface area contributed by atoms with Gasteiger partial charge in [-0.2, -0.15) is 0 Å². The molecule has 0 aliphatic carbocycles. The Kier molecular flexibility index (Phi) is 6.72. The minimum Gasteiger partial charge on any atom is -0.496 e. The molecule has 0 aromatic heterocycles. The van der Waals surface area contributed by atoms with Crippen molar-refractivity contribution in [1.82, 2.24) is 14.7 Å². The molecule has 1 aromatic rings. The van der Waals surface area contributed by atoms with Crippen LogP contribution in [0.4, 0.5) is 0 Å². The van der Waals surface area contributed by atoms with E-state index in [2.05, 4.69) is 30.0 Å². The Labute approximate surface area is 162 Å². The first-order valence-electron chi connectivity index (χ1n) is 9.98. The summed E-state index contributed by atoms with van der Waals surface area (Å²) in [6.45, 7) is 7.67. The molecule has 148 valence electrons. The van der Waals surface area contributed by atoms with Crippen LogP contribution in [-0.4, -0.2) is 72.9 Å². The molecule has 27 heavy (non-hydrogen) atoms. The van der Waals surface area contributed by atoms with Crippen LogP contribution < -0.4 is 4.74 Å². The third kappa shape index (κ3) is 5.22. The van der Waals surface area contributed by atoms with Gasteiger partial charge in [0.25, 0.3) is 0 Å². The van der Waals surface area contributed by atoms with Crippen molar-refractivity contribution in [3.63, 3.8) is 0 Å². The molecular weight excluding hydrogens is 342 g/mol. The molecule has 2 fully saturated rings. The zero-order valence-electron chi connectivity index (χ0n) is 16.6. The summed E-state index contributed by atoms with van der Waals surface area (Å²) in [5.41, 5.74) is 2.38. The first-order chi connectivity index (χ1) is 13.1. The van der Waals surface area contributed by atoms with Crippen molar-refractivity contribution in [3.8, 4) is 5.75 Å². The molecule has 0 saturated carbocycles. The van der Waals surface area contributed by atoms with E-state index in [4.69, 9.17) is 4.74 Å². The number of hydrogen-bond acceptors (Lipinski definition) is 4. The second-order valence-corrected chi connectivity index (χ2v) is 7.56. The second kappa shape index (κ2) is 9.22. The van der Waals surface area contributed by atoms with Crippen LogP contribution in [-0.2, 0) is 16.1 Å². The van der Waals surface area contributed by atoms with Crippen molar-refractivity contribution >= 4 is 11.8 Å². The normalized spacial score (nSPS) is 18.7. The van der Waals surface area contributed by atoms with Crippen molar-refractivity contribution in [2.75, 3.05) is 46.4 Å². The summed E-state index contributed by atoms with van der Waals surface area (Å²) >= 11 is 0. The van der Waals surface area contributed by atoms with Crippen LogP contribution in [0.1, 0.15) is 36.8 Å². The summed E-state index contributed by atoms with van der Waals surface area (Å²) in [4.78, 5) is 30.4. The second-order valence-electron chi connectivity index (χ2n) is 7.56. The summed E-state index contributed by atoms with van der Waals surface area (Å²) in [5, 5.41) is 0. The molecule has 0 N–H and O–H groups in total. The van der Waals surface area contributed by atoms with E-state index in [1.807, 2.05) is 9.80 Å². The lowest BCUT2D eigenvalue weighted by Crippen LogP contribution is -2.37. The largest absolute Gasteiger partial charge is 0.496 e. The molecule has 2 aliphatic rings. The van der Waals surface area contributed by atoms with Crippen LogP contribution >= 0.6 is 0 Å². The maximum Gasteiger partial charge on any atom is 0.224 e. The molecule has 0 spiro atoms. The lowest BCUT2D eigenvalue weighted by molar-refractivity contribution is -0.132. The molecular formula is C21H31N3O3. The lowest BCUT2D eigenvalue weighted by Gasteiger charge is -2.24. The highest BCUT2D eigenvalue weighted by Crippen LogP contribution is 2.22. The molecule has 2 saturated heterocycles. The van der Waals surface area contributed by atoms with E-state index in [1.54, 1.807) is 7.11 Å². The van der Waals surface area contributed by atoms with E-state index in [0.29, 0.717) is 19.4 Å². The predicted molar refractivity (Wildman–Crippen MR) is 105 cm³/mol. The molecule has 6 heteroatoms. The number of amides is 2. The van der Waals surface area contributed by atoms with Gasteiger partial charge in [0, 0.05) is 64.2 Å². The Morgan fingerprint density at radius 3 is 2.70 bits per heavy atom. The summed E-state index contributed by atoms with van der Waals surface area (Å²) < 4.78 is 5.52. The first kappa shape index (κ1) is 19.7. The fraction of sp³-hybridized carbons (Fsp3) is 0.619. The van der Waals surface area contributed by atoms with Crippen molar-refractivity contribution in [1.29, 1.82) is 0 Å². The van der Waals surface area contributed by atoms with Gasteiger partial charge in [0.1, 0.15) is 5.75 Å². The summed E-state index contributed by atoms with van der Waals surface area (Å²) in [6.07, 6.45) is 2.98. The van der Waals surface area contributed by atoms with Crippen LogP contribution in [0.5, 0.6) is 5.75 Å². The van der Waals surface area contributed by atoms with Crippen molar-refractivity contribution in [2.45, 2.75) is 39.2 Å². The van der Waals surface area contributed by atoms with Gasteiger partial charge in [0.2, 0.25) is 11.8 Å². The highest BCUT2D eigenvalue weighted by atomic mass is 16.5. The number of carbonyl (C=O) groups excluding carboxylic acids is 2. The Morgan fingerprint density at radius 2 is 1.96 bits per heavy atom. The molecule has 1 aromatic carbocycles. The van der Waals surface area contributed by atoms with Crippen molar-refractivity contribution in [3.05, 3.63) is 29.3 Å². The Morgan fingerprint density at radius 1 is 1.11 bits per heavy atom. The molecule has 0 bridgehead atoms. The number of likely N-dealkylation sites (tertiary alicyclic amines) is 1. The highest BCUT2D eigenvalue weighted by Gasteiger charge is 2.23. The number of aryl methyl sites for hydroxylation is 1. The smallest absolute Gasteiger partial charge is 0.224 e. The molecule has 2 heterocycles. The summed E-state index contributed by atoms with van der Waals surface area (Å²) in [6, 6.07) is 6.32. The van der Waals surface area contributed by atoms with Gasteiger partial charge in [-0.15, -0.1) is 0 Å². The summed E-state index contributed by atoms with van der Waals surface area (Å²) in [7, 11) is 1.71. The van der Waals surface area contributed by atoms with Gasteiger partial charge in [-0.3, -0.25) is 14.5 Å². The van der Waals surface area contributed by atoms with E-state index in [1.165, 1.54) is 11.1 Å². The average molecular weight is 373 g/mol. The average Bonchev–Trinajstić information content (AvgIpc) is 2.93. The minimum atomic E-state index is 0.171. The van der Waals surface area contributed by atoms with Crippen LogP contribution in [0.3, 0.4) is 0 Å². The Balaban J connectivity index is 1.49. The Bertz CT molecular complexity index is 677. The monoisotopic (exact) mass is 373 g/mol. The fourth-order valence-electron chi connectivity index (χ4n) is 3.93. The maximum absolute atomic E-state index is 12.6. The van der Waals surface area contributed by atoms with Gasteiger partial charge in [0.15, 0.2) is 0 Å². The summed E-state index contributed by atoms with van der Waals surface area (Å²) in [5.74, 6) is 1.30. The zero-order valence-corrected chi connectivity index (χ0v) is 16.6. The third-order valence-electron chi connectivity index (χ3n) is 5.54. The quantitative estimate of drug-likeness (QED) is 0.766. The molecule has 2 aliphatic heterocycles.